The van der Waals surface area contributed by atoms with Crippen LogP contribution in [-0.2, 0) is 6.42 Å². The monoisotopic (exact) mass is 267 g/mol. The molecule has 1 N–H and O–H groups in total. The largest absolute Gasteiger partial charge is 0.314 e. The van der Waals surface area contributed by atoms with E-state index in [1.54, 1.807) is 0 Å². The Morgan fingerprint density at radius 2 is 2.06 bits per heavy atom. The normalized spacial score (nSPS) is 19.3. The Kier molecular flexibility index (Phi) is 5.15. The van der Waals surface area contributed by atoms with Crippen molar-refractivity contribution < 1.29 is 0 Å². The Labute approximate surface area is 115 Å². The molecule has 0 radical (unpaired) electrons. The number of rotatable bonds is 5. The Hall–Kier alpha value is -0.450. The van der Waals surface area contributed by atoms with Crippen molar-refractivity contribution in [1.82, 2.24) is 15.2 Å². The van der Waals surface area contributed by atoms with Crippen LogP contribution in [0.3, 0.4) is 0 Å². The minimum Gasteiger partial charge on any atom is -0.314 e. The van der Waals surface area contributed by atoms with Crippen LogP contribution < -0.4 is 5.32 Å². The number of piperazine rings is 1. The van der Waals surface area contributed by atoms with Gasteiger partial charge in [-0.3, -0.25) is 4.90 Å². The van der Waals surface area contributed by atoms with Crippen molar-refractivity contribution in [2.75, 3.05) is 26.2 Å². The van der Waals surface area contributed by atoms with Crippen molar-refractivity contribution in [1.29, 1.82) is 0 Å². The topological polar surface area (TPSA) is 28.2 Å². The Morgan fingerprint density at radius 1 is 1.33 bits per heavy atom. The fraction of sp³-hybridized carbons (Fsp3) is 0.786. The molecule has 1 aromatic rings. The van der Waals surface area contributed by atoms with Gasteiger partial charge in [0.2, 0.25) is 0 Å². The maximum absolute atomic E-state index is 4.71. The zero-order valence-corrected chi connectivity index (χ0v) is 12.6. The van der Waals surface area contributed by atoms with Gasteiger partial charge in [-0.05, 0) is 19.3 Å². The van der Waals surface area contributed by atoms with E-state index in [4.69, 9.17) is 4.98 Å². The maximum Gasteiger partial charge on any atom is 0.0928 e. The van der Waals surface area contributed by atoms with Crippen molar-refractivity contribution in [3.05, 3.63) is 16.1 Å². The van der Waals surface area contributed by atoms with Crippen LogP contribution in [0.2, 0.25) is 0 Å². The third kappa shape index (κ3) is 3.77. The molecule has 102 valence electrons. The molecular weight excluding hydrogens is 242 g/mol. The first-order valence-electron chi connectivity index (χ1n) is 7.06. The predicted octanol–water partition coefficient (Wildman–Crippen LogP) is 2.49. The first kappa shape index (κ1) is 14.0. The number of hydrogen-bond donors (Lipinski definition) is 1. The second kappa shape index (κ2) is 6.64. The standard InChI is InChI=1S/C14H25N3S/c1-11(2)13-10-18-14(16-13)5-4-12(3)17-8-6-15-7-9-17/h10-12,15H,4-9H2,1-3H3. The van der Waals surface area contributed by atoms with E-state index in [2.05, 4.69) is 36.4 Å². The summed E-state index contributed by atoms with van der Waals surface area (Å²) in [5, 5.41) is 6.93. The smallest absolute Gasteiger partial charge is 0.0928 e. The molecule has 0 bridgehead atoms. The minimum atomic E-state index is 0.556. The molecule has 1 fully saturated rings. The molecule has 1 atom stereocenters. The van der Waals surface area contributed by atoms with Crippen LogP contribution in [0.4, 0.5) is 0 Å². The summed E-state index contributed by atoms with van der Waals surface area (Å²) in [7, 11) is 0. The van der Waals surface area contributed by atoms with Gasteiger partial charge < -0.3 is 5.32 Å². The van der Waals surface area contributed by atoms with Gasteiger partial charge in [-0.25, -0.2) is 4.98 Å². The van der Waals surface area contributed by atoms with Crippen molar-refractivity contribution >= 4 is 11.3 Å². The minimum absolute atomic E-state index is 0.556. The summed E-state index contributed by atoms with van der Waals surface area (Å²) < 4.78 is 0. The Balaban J connectivity index is 1.79. The molecule has 1 unspecified atom stereocenters. The fourth-order valence-corrected chi connectivity index (χ4v) is 3.32. The lowest BCUT2D eigenvalue weighted by Gasteiger charge is -2.32. The summed E-state index contributed by atoms with van der Waals surface area (Å²) in [6.45, 7) is 11.4. The van der Waals surface area contributed by atoms with Gasteiger partial charge in [-0.15, -0.1) is 11.3 Å². The molecule has 0 aromatic carbocycles. The van der Waals surface area contributed by atoms with Crippen LogP contribution in [0.25, 0.3) is 0 Å². The van der Waals surface area contributed by atoms with Gasteiger partial charge in [-0.2, -0.15) is 0 Å². The summed E-state index contributed by atoms with van der Waals surface area (Å²) in [5.41, 5.74) is 1.25. The lowest BCUT2D eigenvalue weighted by atomic mass is 10.1. The van der Waals surface area contributed by atoms with Gasteiger partial charge in [0.05, 0.1) is 10.7 Å². The average molecular weight is 267 g/mol. The molecule has 18 heavy (non-hydrogen) atoms. The predicted molar refractivity (Wildman–Crippen MR) is 78.4 cm³/mol. The van der Waals surface area contributed by atoms with E-state index < -0.39 is 0 Å². The van der Waals surface area contributed by atoms with Crippen LogP contribution in [-0.4, -0.2) is 42.1 Å². The summed E-state index contributed by atoms with van der Waals surface area (Å²) >= 11 is 1.82. The van der Waals surface area contributed by atoms with Gasteiger partial charge in [0.1, 0.15) is 0 Å². The Morgan fingerprint density at radius 3 is 2.67 bits per heavy atom. The van der Waals surface area contributed by atoms with E-state index in [0.717, 1.165) is 19.5 Å². The molecule has 2 rings (SSSR count). The van der Waals surface area contributed by atoms with Crippen LogP contribution in [0, 0.1) is 0 Å². The maximum atomic E-state index is 4.71. The molecule has 4 heteroatoms. The first-order valence-corrected chi connectivity index (χ1v) is 7.94. The highest BCUT2D eigenvalue weighted by Crippen LogP contribution is 2.19. The van der Waals surface area contributed by atoms with Crippen LogP contribution in [0.1, 0.15) is 43.8 Å². The number of nitrogens with zero attached hydrogens (tertiary/aromatic N) is 2. The number of aromatic nitrogens is 1. The van der Waals surface area contributed by atoms with E-state index in [-0.39, 0.29) is 0 Å². The van der Waals surface area contributed by atoms with Crippen molar-refractivity contribution in [3.63, 3.8) is 0 Å². The number of nitrogens with one attached hydrogen (secondary N) is 1. The van der Waals surface area contributed by atoms with Crippen molar-refractivity contribution in [3.8, 4) is 0 Å². The van der Waals surface area contributed by atoms with Crippen molar-refractivity contribution in [2.45, 2.75) is 45.6 Å². The number of thiazole rings is 1. The molecule has 1 aliphatic heterocycles. The van der Waals surface area contributed by atoms with Gasteiger partial charge in [0, 0.05) is 44.0 Å². The SMILES string of the molecule is CC(C)c1csc(CCC(C)N2CCNCC2)n1. The van der Waals surface area contributed by atoms with E-state index in [1.165, 1.54) is 30.2 Å². The molecule has 0 amide bonds. The number of aryl methyl sites for hydroxylation is 1. The second-order valence-electron chi connectivity index (χ2n) is 5.49. The summed E-state index contributed by atoms with van der Waals surface area (Å²) in [6.07, 6.45) is 2.35. The highest BCUT2D eigenvalue weighted by molar-refractivity contribution is 7.09. The fourth-order valence-electron chi connectivity index (χ4n) is 2.34. The van der Waals surface area contributed by atoms with Gasteiger partial charge in [-0.1, -0.05) is 13.8 Å². The number of hydrogen-bond acceptors (Lipinski definition) is 4. The molecule has 0 spiro atoms. The molecule has 1 aromatic heterocycles. The molecule has 1 saturated heterocycles. The Bertz CT molecular complexity index is 356. The lowest BCUT2D eigenvalue weighted by Crippen LogP contribution is -2.47. The highest BCUT2D eigenvalue weighted by atomic mass is 32.1. The van der Waals surface area contributed by atoms with E-state index >= 15 is 0 Å². The molecule has 3 nitrogen and oxygen atoms in total. The van der Waals surface area contributed by atoms with Crippen molar-refractivity contribution in [2.24, 2.45) is 0 Å². The summed E-state index contributed by atoms with van der Waals surface area (Å²) in [4.78, 5) is 7.31. The summed E-state index contributed by atoms with van der Waals surface area (Å²) in [6, 6.07) is 0.679. The molecule has 0 saturated carbocycles. The van der Waals surface area contributed by atoms with Crippen LogP contribution >= 0.6 is 11.3 Å². The zero-order valence-electron chi connectivity index (χ0n) is 11.8. The average Bonchev–Trinajstić information content (AvgIpc) is 2.86. The molecule has 0 aliphatic carbocycles. The molecule has 1 aliphatic rings. The third-order valence-electron chi connectivity index (χ3n) is 3.71. The molecular formula is C14H25N3S. The van der Waals surface area contributed by atoms with E-state index in [9.17, 15) is 0 Å². The lowest BCUT2D eigenvalue weighted by molar-refractivity contribution is 0.177. The van der Waals surface area contributed by atoms with E-state index in [1.807, 2.05) is 11.3 Å². The van der Waals surface area contributed by atoms with Gasteiger partial charge >= 0.3 is 0 Å². The summed E-state index contributed by atoms with van der Waals surface area (Å²) in [5.74, 6) is 0.556. The zero-order chi connectivity index (χ0) is 13.0. The van der Waals surface area contributed by atoms with Gasteiger partial charge in [0.25, 0.3) is 0 Å². The van der Waals surface area contributed by atoms with E-state index in [0.29, 0.717) is 12.0 Å². The second-order valence-corrected chi connectivity index (χ2v) is 6.44. The highest BCUT2D eigenvalue weighted by Gasteiger charge is 2.16. The molecule has 2 heterocycles. The first-order chi connectivity index (χ1) is 8.66. The van der Waals surface area contributed by atoms with Gasteiger partial charge in [0.15, 0.2) is 0 Å². The van der Waals surface area contributed by atoms with Crippen LogP contribution in [0.5, 0.6) is 0 Å². The quantitative estimate of drug-likeness (QED) is 0.888. The van der Waals surface area contributed by atoms with Crippen LogP contribution in [0.15, 0.2) is 5.38 Å². The third-order valence-corrected chi connectivity index (χ3v) is 4.64.